The lowest BCUT2D eigenvalue weighted by molar-refractivity contribution is -0.122. The second-order valence-corrected chi connectivity index (χ2v) is 8.54. The van der Waals surface area contributed by atoms with Gasteiger partial charge in [-0.2, -0.15) is 0 Å². The van der Waals surface area contributed by atoms with Crippen molar-refractivity contribution in [3.05, 3.63) is 89.0 Å². The van der Waals surface area contributed by atoms with Crippen molar-refractivity contribution in [1.29, 1.82) is 0 Å². The number of imide groups is 2. The van der Waals surface area contributed by atoms with Gasteiger partial charge in [-0.05, 0) is 86.0 Å². The summed E-state index contributed by atoms with van der Waals surface area (Å²) in [5, 5.41) is 5.03. The van der Waals surface area contributed by atoms with Gasteiger partial charge in [0.05, 0.1) is 12.3 Å². The highest BCUT2D eigenvalue weighted by atomic mass is 16.5. The van der Waals surface area contributed by atoms with Crippen LogP contribution >= 0.6 is 0 Å². The summed E-state index contributed by atoms with van der Waals surface area (Å²) >= 11 is 0. The number of hydrogen-bond donors (Lipinski definition) is 2. The molecule has 1 aliphatic rings. The number of anilines is 2. The standard InChI is InChI=1S/C29H27N3O6/c1-4-37-22-13-11-21(12-14-22)32-28(35)24(27(34)31-29(32)36)16-20-8-6-9-23(15-20)38-17-26(33)30-25-10-5-7-18(2)19(25)3/h5-16H,4,17H2,1-3H3,(H,30,33)(H,31,34,36)/b24-16+. The quantitative estimate of drug-likeness (QED) is 0.341. The SMILES string of the molecule is CCOc1ccc(N2C(=O)NC(=O)/C(=C\c3cccc(OCC(=O)Nc4cccc(C)c4C)c3)C2=O)cc1. The van der Waals surface area contributed by atoms with Crippen molar-refractivity contribution in [2.75, 3.05) is 23.4 Å². The van der Waals surface area contributed by atoms with Crippen molar-refractivity contribution in [2.45, 2.75) is 20.8 Å². The van der Waals surface area contributed by atoms with Crippen LogP contribution in [-0.2, 0) is 14.4 Å². The summed E-state index contributed by atoms with van der Waals surface area (Å²) in [6.45, 7) is 5.98. The van der Waals surface area contributed by atoms with Crippen molar-refractivity contribution in [3.8, 4) is 11.5 Å². The zero-order valence-electron chi connectivity index (χ0n) is 21.2. The van der Waals surface area contributed by atoms with Gasteiger partial charge in [0, 0.05) is 5.69 Å². The molecule has 2 N–H and O–H groups in total. The predicted molar refractivity (Wildman–Crippen MR) is 143 cm³/mol. The Hall–Kier alpha value is -4.92. The van der Waals surface area contributed by atoms with Gasteiger partial charge in [-0.1, -0.05) is 24.3 Å². The summed E-state index contributed by atoms with van der Waals surface area (Å²) in [7, 11) is 0. The molecule has 1 heterocycles. The summed E-state index contributed by atoms with van der Waals surface area (Å²) in [4.78, 5) is 51.4. The minimum Gasteiger partial charge on any atom is -0.494 e. The molecule has 0 aromatic heterocycles. The van der Waals surface area contributed by atoms with Gasteiger partial charge in [0.2, 0.25) is 0 Å². The van der Waals surface area contributed by atoms with E-state index in [0.717, 1.165) is 16.0 Å². The Balaban J connectivity index is 1.48. The Labute approximate surface area is 220 Å². The molecule has 0 bridgehead atoms. The molecule has 5 amide bonds. The number of benzene rings is 3. The first-order chi connectivity index (χ1) is 18.3. The fourth-order valence-electron chi connectivity index (χ4n) is 3.83. The number of rotatable bonds is 8. The monoisotopic (exact) mass is 513 g/mol. The number of aryl methyl sites for hydroxylation is 1. The van der Waals surface area contributed by atoms with E-state index in [0.29, 0.717) is 35.0 Å². The average Bonchev–Trinajstić information content (AvgIpc) is 2.89. The zero-order chi connectivity index (χ0) is 27.2. The molecule has 3 aromatic rings. The fraction of sp³-hybridized carbons (Fsp3) is 0.172. The minimum absolute atomic E-state index is 0.219. The molecular weight excluding hydrogens is 486 g/mol. The van der Waals surface area contributed by atoms with Crippen LogP contribution in [0.3, 0.4) is 0 Å². The van der Waals surface area contributed by atoms with E-state index in [1.54, 1.807) is 48.5 Å². The van der Waals surface area contributed by atoms with Crippen LogP contribution in [0, 0.1) is 13.8 Å². The number of nitrogens with zero attached hydrogens (tertiary/aromatic N) is 1. The maximum Gasteiger partial charge on any atom is 0.335 e. The molecule has 4 rings (SSSR count). The van der Waals surface area contributed by atoms with Crippen LogP contribution in [0.2, 0.25) is 0 Å². The van der Waals surface area contributed by atoms with Crippen LogP contribution in [0.1, 0.15) is 23.6 Å². The first-order valence-corrected chi connectivity index (χ1v) is 12.0. The Kier molecular flexibility index (Phi) is 7.86. The minimum atomic E-state index is -0.840. The lowest BCUT2D eigenvalue weighted by atomic mass is 10.1. The van der Waals surface area contributed by atoms with Gasteiger partial charge >= 0.3 is 6.03 Å². The number of carbonyl (C=O) groups excluding carboxylic acids is 4. The highest BCUT2D eigenvalue weighted by Gasteiger charge is 2.36. The second-order valence-electron chi connectivity index (χ2n) is 8.54. The molecule has 9 heteroatoms. The number of barbiturate groups is 1. The van der Waals surface area contributed by atoms with Gasteiger partial charge < -0.3 is 14.8 Å². The van der Waals surface area contributed by atoms with Crippen LogP contribution in [0.25, 0.3) is 6.08 Å². The van der Waals surface area contributed by atoms with Crippen LogP contribution in [-0.4, -0.2) is 37.0 Å². The molecule has 0 atom stereocenters. The highest BCUT2D eigenvalue weighted by Crippen LogP contribution is 2.25. The van der Waals surface area contributed by atoms with Crippen molar-refractivity contribution in [1.82, 2.24) is 5.32 Å². The van der Waals surface area contributed by atoms with Gasteiger partial charge in [-0.25, -0.2) is 9.69 Å². The van der Waals surface area contributed by atoms with Crippen molar-refractivity contribution in [3.63, 3.8) is 0 Å². The molecule has 1 saturated heterocycles. The van der Waals surface area contributed by atoms with E-state index in [9.17, 15) is 19.2 Å². The molecule has 0 unspecified atom stereocenters. The highest BCUT2D eigenvalue weighted by molar-refractivity contribution is 6.39. The summed E-state index contributed by atoms with van der Waals surface area (Å²) < 4.78 is 11.0. The maximum atomic E-state index is 13.1. The molecule has 0 spiro atoms. The molecule has 38 heavy (non-hydrogen) atoms. The molecule has 1 fully saturated rings. The van der Waals surface area contributed by atoms with Crippen molar-refractivity contribution >= 4 is 41.2 Å². The van der Waals surface area contributed by atoms with Crippen LogP contribution < -0.4 is 25.0 Å². The number of ether oxygens (including phenoxy) is 2. The number of urea groups is 1. The molecule has 3 aromatic carbocycles. The third-order valence-corrected chi connectivity index (χ3v) is 5.93. The number of hydrogen-bond acceptors (Lipinski definition) is 6. The van der Waals surface area contributed by atoms with Gasteiger partial charge in [-0.3, -0.25) is 19.7 Å². The van der Waals surface area contributed by atoms with Gasteiger partial charge in [0.15, 0.2) is 6.61 Å². The molecule has 1 aliphatic heterocycles. The van der Waals surface area contributed by atoms with E-state index in [4.69, 9.17) is 9.47 Å². The van der Waals surface area contributed by atoms with Crippen LogP contribution in [0.4, 0.5) is 16.2 Å². The van der Waals surface area contributed by atoms with Crippen molar-refractivity contribution in [2.24, 2.45) is 0 Å². The molecule has 9 nitrogen and oxygen atoms in total. The third kappa shape index (κ3) is 5.89. The molecular formula is C29H27N3O6. The third-order valence-electron chi connectivity index (χ3n) is 5.93. The van der Waals surface area contributed by atoms with Crippen LogP contribution in [0.5, 0.6) is 11.5 Å². The van der Waals surface area contributed by atoms with Gasteiger partial charge in [-0.15, -0.1) is 0 Å². The molecule has 194 valence electrons. The average molecular weight is 514 g/mol. The summed E-state index contributed by atoms with van der Waals surface area (Å²) in [6, 6.07) is 17.8. The Morgan fingerprint density at radius 1 is 0.947 bits per heavy atom. The maximum absolute atomic E-state index is 13.1. The number of amides is 5. The summed E-state index contributed by atoms with van der Waals surface area (Å²) in [6.07, 6.45) is 1.37. The Bertz CT molecular complexity index is 1430. The normalized spacial score (nSPS) is 14.3. The lowest BCUT2D eigenvalue weighted by Gasteiger charge is -2.26. The van der Waals surface area contributed by atoms with Gasteiger partial charge in [0.25, 0.3) is 17.7 Å². The Morgan fingerprint density at radius 3 is 2.42 bits per heavy atom. The smallest absolute Gasteiger partial charge is 0.335 e. The number of carbonyl (C=O) groups is 4. The second kappa shape index (κ2) is 11.4. The van der Waals surface area contributed by atoms with Crippen molar-refractivity contribution < 1.29 is 28.7 Å². The van der Waals surface area contributed by atoms with Crippen LogP contribution in [0.15, 0.2) is 72.3 Å². The predicted octanol–water partition coefficient (Wildman–Crippen LogP) is 4.39. The lowest BCUT2D eigenvalue weighted by Crippen LogP contribution is -2.54. The van der Waals surface area contributed by atoms with E-state index in [-0.39, 0.29) is 18.1 Å². The Morgan fingerprint density at radius 2 is 1.68 bits per heavy atom. The zero-order valence-corrected chi connectivity index (χ0v) is 21.2. The van der Waals surface area contributed by atoms with E-state index in [1.807, 2.05) is 39.0 Å². The summed E-state index contributed by atoms with van der Waals surface area (Å²) in [5.41, 5.74) is 3.31. The molecule has 0 saturated carbocycles. The largest absolute Gasteiger partial charge is 0.494 e. The van der Waals surface area contributed by atoms with E-state index < -0.39 is 17.8 Å². The fourth-order valence-corrected chi connectivity index (χ4v) is 3.83. The molecule has 0 radical (unpaired) electrons. The van der Waals surface area contributed by atoms with E-state index in [2.05, 4.69) is 10.6 Å². The van der Waals surface area contributed by atoms with Gasteiger partial charge in [0.1, 0.15) is 17.1 Å². The molecule has 0 aliphatic carbocycles. The topological polar surface area (TPSA) is 114 Å². The van der Waals surface area contributed by atoms with E-state index >= 15 is 0 Å². The first kappa shape index (κ1) is 26.2. The first-order valence-electron chi connectivity index (χ1n) is 12.0. The van der Waals surface area contributed by atoms with E-state index in [1.165, 1.54) is 6.08 Å². The number of nitrogens with one attached hydrogen (secondary N) is 2. The summed E-state index contributed by atoms with van der Waals surface area (Å²) in [5.74, 6) is -0.927.